The van der Waals surface area contributed by atoms with Crippen LogP contribution in [0.25, 0.3) is 33.6 Å². The van der Waals surface area contributed by atoms with Crippen molar-refractivity contribution in [3.63, 3.8) is 0 Å². The normalized spacial score (nSPS) is 18.7. The molecule has 3 N–H and O–H groups in total. The number of nitrogens with one attached hydrogen (secondary N) is 2. The minimum atomic E-state index is -1.02. The number of carboxylic acid groups (broad SMARTS) is 1. The molecule has 0 bridgehead atoms. The topological polar surface area (TPSA) is 168 Å². The van der Waals surface area contributed by atoms with Crippen molar-refractivity contribution in [1.29, 1.82) is 0 Å². The summed E-state index contributed by atoms with van der Waals surface area (Å²) < 4.78 is 5.64. The molecule has 14 heteroatoms. The molecule has 2 aliphatic heterocycles. The predicted octanol–water partition coefficient (Wildman–Crippen LogP) is 10.2. The Hall–Kier alpha value is -5.66. The molecule has 4 amide bonds. The molecular formula is C50H70N8O6. The number of imidazole rings is 2. The molecule has 2 saturated heterocycles. The lowest BCUT2D eigenvalue weighted by Gasteiger charge is -2.38. The second-order valence-electron chi connectivity index (χ2n) is 19.9. The number of carbonyl (C=O) groups excluding carboxylic acids is 3. The summed E-state index contributed by atoms with van der Waals surface area (Å²) in [6.07, 6.45) is 6.89. The summed E-state index contributed by atoms with van der Waals surface area (Å²) in [6.45, 7) is 20.5. The monoisotopic (exact) mass is 879 g/mol. The van der Waals surface area contributed by atoms with E-state index in [0.717, 1.165) is 83.8 Å². The van der Waals surface area contributed by atoms with E-state index in [2.05, 4.69) is 58.5 Å². The maximum atomic E-state index is 14.2. The van der Waals surface area contributed by atoms with Crippen LogP contribution in [0.4, 0.5) is 9.59 Å². The Balaban J connectivity index is 1.12. The second kappa shape index (κ2) is 19.6. The number of H-pyrrole nitrogens is 2. The molecule has 4 aromatic rings. The molecule has 6 rings (SSSR count). The number of rotatable bonds is 14. The van der Waals surface area contributed by atoms with Gasteiger partial charge in [0.25, 0.3) is 0 Å². The zero-order valence-electron chi connectivity index (χ0n) is 39.8. The van der Waals surface area contributed by atoms with Gasteiger partial charge in [0.1, 0.15) is 23.3 Å². The fourth-order valence-electron chi connectivity index (χ4n) is 9.09. The highest BCUT2D eigenvalue weighted by molar-refractivity contribution is 5.86. The molecule has 0 spiro atoms. The van der Waals surface area contributed by atoms with Crippen LogP contribution >= 0.6 is 0 Å². The van der Waals surface area contributed by atoms with E-state index in [1.54, 1.807) is 7.05 Å². The standard InChI is InChI=1S/C50H70N8O6/c1-12-31(3)37(30-58(47(61)62)49(5,6)7)45(59)56-26-14-16-40(56)43-51-28-38(53-43)35-22-18-33(19-23-35)34-20-24-36(25-21-34)39-29-52-44(54-39)41-17-15-27-57(41)46(60)42(32(4)13-2)55(11)48(63)64-50(8,9)10/h18-25,28-29,31-32,37,40-42H,12-17,26-27,30H2,1-11H3,(H,51,53)(H,52,54)(H,61,62)/t31?,32?,37-,40+,41+,42+/m1/s1. The lowest BCUT2D eigenvalue weighted by atomic mass is 9.88. The molecular weight excluding hydrogens is 809 g/mol. The highest BCUT2D eigenvalue weighted by Crippen LogP contribution is 2.37. The Morgan fingerprint density at radius 2 is 1.17 bits per heavy atom. The van der Waals surface area contributed by atoms with Gasteiger partial charge in [-0.1, -0.05) is 89.1 Å². The van der Waals surface area contributed by atoms with Crippen LogP contribution in [-0.4, -0.2) is 113 Å². The number of likely N-dealkylation sites (tertiary alicyclic amines) is 2. The first-order valence-electron chi connectivity index (χ1n) is 23.1. The Morgan fingerprint density at radius 3 is 1.58 bits per heavy atom. The van der Waals surface area contributed by atoms with Gasteiger partial charge in [-0.25, -0.2) is 19.6 Å². The van der Waals surface area contributed by atoms with Gasteiger partial charge in [0, 0.05) is 32.2 Å². The first kappa shape index (κ1) is 47.8. The average molecular weight is 879 g/mol. The fourth-order valence-corrected chi connectivity index (χ4v) is 9.09. The number of likely N-dealkylation sites (N-methyl/N-ethyl adjacent to an activating group) is 1. The molecule has 14 nitrogen and oxygen atoms in total. The summed E-state index contributed by atoms with van der Waals surface area (Å²) in [6, 6.07) is 15.5. The van der Waals surface area contributed by atoms with E-state index < -0.39 is 35.3 Å². The highest BCUT2D eigenvalue weighted by Gasteiger charge is 2.42. The van der Waals surface area contributed by atoms with Crippen molar-refractivity contribution >= 4 is 24.0 Å². The number of amides is 4. The van der Waals surface area contributed by atoms with E-state index in [1.807, 2.05) is 91.4 Å². The fraction of sp³-hybridized carbons (Fsp3) is 0.560. The van der Waals surface area contributed by atoms with Crippen LogP contribution < -0.4 is 0 Å². The van der Waals surface area contributed by atoms with Crippen LogP contribution in [0.1, 0.15) is 131 Å². The van der Waals surface area contributed by atoms with Gasteiger partial charge in [-0.05, 0) is 101 Å². The van der Waals surface area contributed by atoms with Crippen LogP contribution in [-0.2, 0) is 14.3 Å². The van der Waals surface area contributed by atoms with E-state index in [-0.39, 0.29) is 42.3 Å². The SMILES string of the molecule is CCC(C)[C@@H](C(=O)N1CCC[C@H]1c1ncc(-c2ccc(-c3ccc(-c4cnc([C@@H]5CCCN5C(=O)[C@H](CN(C(=O)O)C(C)(C)C)C(C)CC)[nH]4)cc3)cc2)[nH]1)N(C)C(=O)OC(C)(C)C. The van der Waals surface area contributed by atoms with Crippen molar-refractivity contribution in [3.05, 3.63) is 72.6 Å². The van der Waals surface area contributed by atoms with E-state index in [0.29, 0.717) is 13.1 Å². The zero-order chi connectivity index (χ0) is 46.7. The maximum absolute atomic E-state index is 14.2. The molecule has 2 unspecified atom stereocenters. The Labute approximate surface area is 379 Å². The quantitative estimate of drug-likeness (QED) is 0.112. The van der Waals surface area contributed by atoms with Crippen molar-refractivity contribution < 1.29 is 29.0 Å². The van der Waals surface area contributed by atoms with Crippen LogP contribution in [0, 0.1) is 17.8 Å². The minimum Gasteiger partial charge on any atom is -0.465 e. The molecule has 2 aromatic heterocycles. The second-order valence-corrected chi connectivity index (χ2v) is 19.9. The van der Waals surface area contributed by atoms with Crippen molar-refractivity contribution in [2.75, 3.05) is 26.7 Å². The smallest absolute Gasteiger partial charge is 0.410 e. The van der Waals surface area contributed by atoms with Crippen molar-refractivity contribution in [2.24, 2.45) is 17.8 Å². The van der Waals surface area contributed by atoms with Gasteiger partial charge in [0.2, 0.25) is 11.8 Å². The Morgan fingerprint density at radius 1 is 0.734 bits per heavy atom. The summed E-state index contributed by atoms with van der Waals surface area (Å²) in [5.74, 6) is 0.864. The minimum absolute atomic E-state index is 0.0144. The number of hydrogen-bond donors (Lipinski definition) is 3. The van der Waals surface area contributed by atoms with Crippen molar-refractivity contribution in [1.82, 2.24) is 39.5 Å². The molecule has 2 aromatic carbocycles. The summed E-state index contributed by atoms with van der Waals surface area (Å²) in [5, 5.41) is 10.0. The zero-order valence-corrected chi connectivity index (χ0v) is 39.8. The van der Waals surface area contributed by atoms with Crippen LogP contribution in [0.3, 0.4) is 0 Å². The number of aromatic nitrogens is 4. The first-order valence-corrected chi connectivity index (χ1v) is 23.1. The molecule has 346 valence electrons. The van der Waals surface area contributed by atoms with Gasteiger partial charge in [-0.3, -0.25) is 14.5 Å². The Bertz CT molecular complexity index is 2240. The Kier molecular flexibility index (Phi) is 14.6. The lowest BCUT2D eigenvalue weighted by molar-refractivity contribution is -0.140. The first-order chi connectivity index (χ1) is 30.2. The van der Waals surface area contributed by atoms with Crippen LogP contribution in [0.5, 0.6) is 0 Å². The molecule has 0 saturated carbocycles. The molecule has 6 atom stereocenters. The molecule has 64 heavy (non-hydrogen) atoms. The van der Waals surface area contributed by atoms with Gasteiger partial charge in [-0.15, -0.1) is 0 Å². The van der Waals surface area contributed by atoms with Crippen molar-refractivity contribution in [3.8, 4) is 33.6 Å². The summed E-state index contributed by atoms with van der Waals surface area (Å²) in [5.41, 5.74) is 4.50. The van der Waals surface area contributed by atoms with E-state index in [1.165, 1.54) is 9.80 Å². The molecule has 0 aliphatic carbocycles. The summed E-state index contributed by atoms with van der Waals surface area (Å²) >= 11 is 0. The third-order valence-corrected chi connectivity index (χ3v) is 13.2. The number of aromatic amines is 2. The molecule has 2 aliphatic rings. The number of nitrogens with zero attached hydrogens (tertiary/aromatic N) is 6. The molecule has 2 fully saturated rings. The van der Waals surface area contributed by atoms with Gasteiger partial charge in [0.05, 0.1) is 41.8 Å². The van der Waals surface area contributed by atoms with Crippen molar-refractivity contribution in [2.45, 2.75) is 137 Å². The molecule has 0 radical (unpaired) electrons. The van der Waals surface area contributed by atoms with Gasteiger partial charge < -0.3 is 34.5 Å². The van der Waals surface area contributed by atoms with Gasteiger partial charge in [0.15, 0.2) is 0 Å². The number of ether oxygens (including phenoxy) is 1. The predicted molar refractivity (Wildman–Crippen MR) is 249 cm³/mol. The summed E-state index contributed by atoms with van der Waals surface area (Å²) in [4.78, 5) is 76.9. The summed E-state index contributed by atoms with van der Waals surface area (Å²) in [7, 11) is 1.65. The highest BCUT2D eigenvalue weighted by atomic mass is 16.6. The van der Waals surface area contributed by atoms with Gasteiger partial charge in [-0.2, -0.15) is 0 Å². The third kappa shape index (κ3) is 10.6. The van der Waals surface area contributed by atoms with Crippen LogP contribution in [0.15, 0.2) is 60.9 Å². The number of benzene rings is 2. The number of hydrogen-bond acceptors (Lipinski definition) is 7. The lowest BCUT2D eigenvalue weighted by Crippen LogP contribution is -2.53. The van der Waals surface area contributed by atoms with E-state index in [4.69, 9.17) is 14.7 Å². The largest absolute Gasteiger partial charge is 0.465 e. The van der Waals surface area contributed by atoms with E-state index >= 15 is 0 Å². The number of carbonyl (C=O) groups is 4. The third-order valence-electron chi connectivity index (χ3n) is 13.2. The molecule has 4 heterocycles. The van der Waals surface area contributed by atoms with E-state index in [9.17, 15) is 24.3 Å². The van der Waals surface area contributed by atoms with Crippen LogP contribution in [0.2, 0.25) is 0 Å². The van der Waals surface area contributed by atoms with Gasteiger partial charge >= 0.3 is 12.2 Å². The average Bonchev–Trinajstić information content (AvgIpc) is 4.09. The maximum Gasteiger partial charge on any atom is 0.410 e.